The number of carbonyl (C=O) groups is 3. The zero-order chi connectivity index (χ0) is 24.3. The van der Waals surface area contributed by atoms with E-state index in [9.17, 15) is 27.6 Å². The summed E-state index contributed by atoms with van der Waals surface area (Å²) in [6.45, 7) is 3.08. The van der Waals surface area contributed by atoms with Crippen LogP contribution in [-0.4, -0.2) is 48.3 Å². The summed E-state index contributed by atoms with van der Waals surface area (Å²) in [5, 5.41) is 5.08. The van der Waals surface area contributed by atoms with E-state index in [1.54, 1.807) is 31.2 Å². The van der Waals surface area contributed by atoms with E-state index < -0.39 is 29.7 Å². The minimum atomic E-state index is -4.61. The lowest BCUT2D eigenvalue weighted by atomic mass is 10.1. The molecule has 2 unspecified atom stereocenters. The molecule has 0 fully saturated rings. The molecule has 1 aliphatic heterocycles. The second-order valence-electron chi connectivity index (χ2n) is 8.01. The van der Waals surface area contributed by atoms with Gasteiger partial charge in [0.05, 0.1) is 35.2 Å². The van der Waals surface area contributed by atoms with Gasteiger partial charge in [0.15, 0.2) is 0 Å². The van der Waals surface area contributed by atoms with Crippen molar-refractivity contribution in [1.82, 2.24) is 4.90 Å². The number of halogens is 3. The molecule has 1 aliphatic rings. The Kier molecular flexibility index (Phi) is 7.06. The Morgan fingerprint density at radius 2 is 1.82 bits per heavy atom. The monoisotopic (exact) mass is 462 g/mol. The lowest BCUT2D eigenvalue weighted by molar-refractivity contribution is -0.137. The quantitative estimate of drug-likeness (QED) is 0.710. The Bertz CT molecular complexity index is 1060. The fraction of sp³-hybridized carbons (Fsp3) is 0.348. The first kappa shape index (κ1) is 24.2. The van der Waals surface area contributed by atoms with E-state index >= 15 is 0 Å². The van der Waals surface area contributed by atoms with Gasteiger partial charge in [0.1, 0.15) is 0 Å². The molecule has 1 heterocycles. The van der Waals surface area contributed by atoms with E-state index in [0.29, 0.717) is 11.4 Å². The maximum absolute atomic E-state index is 13.2. The van der Waals surface area contributed by atoms with Gasteiger partial charge in [-0.3, -0.25) is 19.3 Å². The smallest absolute Gasteiger partial charge is 0.324 e. The summed E-state index contributed by atoms with van der Waals surface area (Å²) in [4.78, 5) is 40.9. The number of nitrogens with one attached hydrogen (secondary N) is 2. The Labute approximate surface area is 189 Å². The summed E-state index contributed by atoms with van der Waals surface area (Å²) >= 11 is 0. The second-order valence-corrected chi connectivity index (χ2v) is 8.01. The second kappa shape index (κ2) is 9.62. The number of hydrogen-bond donors (Lipinski definition) is 2. The average molecular weight is 462 g/mol. The van der Waals surface area contributed by atoms with Crippen LogP contribution >= 0.6 is 0 Å². The van der Waals surface area contributed by atoms with Crippen LogP contribution in [0.15, 0.2) is 48.5 Å². The van der Waals surface area contributed by atoms with Crippen LogP contribution < -0.4 is 15.5 Å². The molecule has 7 nitrogen and oxygen atoms in total. The van der Waals surface area contributed by atoms with Crippen LogP contribution in [-0.2, 0) is 20.6 Å². The first-order valence-electron chi connectivity index (χ1n) is 10.4. The van der Waals surface area contributed by atoms with Crippen molar-refractivity contribution in [2.75, 3.05) is 29.1 Å². The molecule has 2 N–H and O–H groups in total. The van der Waals surface area contributed by atoms with Gasteiger partial charge in [0, 0.05) is 12.5 Å². The molecule has 2 aromatic rings. The summed E-state index contributed by atoms with van der Waals surface area (Å²) in [5.41, 5.74) is -0.236. The predicted molar refractivity (Wildman–Crippen MR) is 119 cm³/mol. The van der Waals surface area contributed by atoms with Crippen molar-refractivity contribution in [1.29, 1.82) is 0 Å². The van der Waals surface area contributed by atoms with Crippen molar-refractivity contribution < 1.29 is 27.6 Å². The molecule has 0 saturated carbocycles. The molecular formula is C23H25F3N4O3. The van der Waals surface area contributed by atoms with Gasteiger partial charge in [-0.15, -0.1) is 0 Å². The van der Waals surface area contributed by atoms with Crippen molar-refractivity contribution in [3.8, 4) is 0 Å². The van der Waals surface area contributed by atoms with Crippen LogP contribution in [0, 0.1) is 0 Å². The van der Waals surface area contributed by atoms with Crippen LogP contribution in [0.5, 0.6) is 0 Å². The van der Waals surface area contributed by atoms with Crippen LogP contribution in [0.25, 0.3) is 0 Å². The zero-order valence-corrected chi connectivity index (χ0v) is 18.4. The van der Waals surface area contributed by atoms with E-state index in [-0.39, 0.29) is 30.5 Å². The molecule has 0 radical (unpaired) electrons. The van der Waals surface area contributed by atoms with Crippen molar-refractivity contribution in [2.45, 2.75) is 38.5 Å². The van der Waals surface area contributed by atoms with Gasteiger partial charge in [-0.25, -0.2) is 0 Å². The minimum Gasteiger partial charge on any atom is -0.324 e. The number of rotatable bonds is 5. The summed E-state index contributed by atoms with van der Waals surface area (Å²) in [5.74, 6) is -1.23. The van der Waals surface area contributed by atoms with Crippen LogP contribution in [0.3, 0.4) is 0 Å². The number of amides is 3. The third-order valence-electron chi connectivity index (χ3n) is 5.54. The van der Waals surface area contributed by atoms with E-state index in [1.807, 2.05) is 0 Å². The molecule has 33 heavy (non-hydrogen) atoms. The van der Waals surface area contributed by atoms with Crippen LogP contribution in [0.4, 0.5) is 30.2 Å². The molecule has 2 aromatic carbocycles. The zero-order valence-electron chi connectivity index (χ0n) is 18.4. The maximum atomic E-state index is 13.2. The topological polar surface area (TPSA) is 81.8 Å². The maximum Gasteiger partial charge on any atom is 0.418 e. The summed E-state index contributed by atoms with van der Waals surface area (Å²) in [6.07, 6.45) is -4.51. The van der Waals surface area contributed by atoms with Crippen molar-refractivity contribution in [3.05, 3.63) is 54.1 Å². The van der Waals surface area contributed by atoms with E-state index in [1.165, 1.54) is 42.0 Å². The number of likely N-dealkylation sites (N-methyl/N-ethyl adjacent to an activating group) is 1. The lowest BCUT2D eigenvalue weighted by Gasteiger charge is -2.31. The number of fused-ring (bicyclic) bond motifs is 1. The van der Waals surface area contributed by atoms with Gasteiger partial charge >= 0.3 is 6.18 Å². The molecule has 3 rings (SSSR count). The predicted octanol–water partition coefficient (Wildman–Crippen LogP) is 3.73. The SMILES string of the molecule is CC(C(=O)Nc1ccccc1C(F)(F)F)N(C)CC(=O)N1c2ccccc2NC(=O)CC1C. The number of anilines is 3. The first-order valence-corrected chi connectivity index (χ1v) is 10.4. The fourth-order valence-electron chi connectivity index (χ4n) is 3.67. The van der Waals surface area contributed by atoms with Gasteiger partial charge in [-0.05, 0) is 45.2 Å². The molecule has 3 amide bonds. The van der Waals surface area contributed by atoms with Gasteiger partial charge in [-0.2, -0.15) is 13.2 Å². The number of nitrogens with zero attached hydrogens (tertiary/aromatic N) is 2. The highest BCUT2D eigenvalue weighted by molar-refractivity contribution is 6.05. The normalized spacial score (nSPS) is 17.1. The lowest BCUT2D eigenvalue weighted by Crippen LogP contribution is -2.48. The molecule has 0 spiro atoms. The number of benzene rings is 2. The summed E-state index contributed by atoms with van der Waals surface area (Å²) < 4.78 is 39.6. The first-order chi connectivity index (χ1) is 15.5. The molecule has 0 aromatic heterocycles. The van der Waals surface area contributed by atoms with Gasteiger partial charge in [0.25, 0.3) is 0 Å². The Morgan fingerprint density at radius 1 is 1.18 bits per heavy atom. The Balaban J connectivity index is 1.73. The molecule has 0 saturated heterocycles. The third-order valence-corrected chi connectivity index (χ3v) is 5.54. The summed E-state index contributed by atoms with van der Waals surface area (Å²) in [7, 11) is 1.54. The number of para-hydroxylation sites is 3. The molecule has 2 atom stereocenters. The fourth-order valence-corrected chi connectivity index (χ4v) is 3.67. The molecule has 0 bridgehead atoms. The summed E-state index contributed by atoms with van der Waals surface area (Å²) in [6, 6.07) is 10.3. The minimum absolute atomic E-state index is 0.106. The number of alkyl halides is 3. The Morgan fingerprint density at radius 3 is 2.52 bits per heavy atom. The van der Waals surface area contributed by atoms with Gasteiger partial charge in [-0.1, -0.05) is 24.3 Å². The molecule has 176 valence electrons. The number of hydrogen-bond acceptors (Lipinski definition) is 4. The largest absolute Gasteiger partial charge is 0.418 e. The highest BCUT2D eigenvalue weighted by Crippen LogP contribution is 2.35. The molecular weight excluding hydrogens is 437 g/mol. The molecule has 10 heteroatoms. The van der Waals surface area contributed by atoms with Crippen LogP contribution in [0.2, 0.25) is 0 Å². The van der Waals surface area contributed by atoms with Gasteiger partial charge < -0.3 is 15.5 Å². The number of carbonyl (C=O) groups excluding carboxylic acids is 3. The van der Waals surface area contributed by atoms with E-state index in [2.05, 4.69) is 10.6 Å². The van der Waals surface area contributed by atoms with E-state index in [4.69, 9.17) is 0 Å². The highest BCUT2D eigenvalue weighted by Gasteiger charge is 2.35. The van der Waals surface area contributed by atoms with Crippen molar-refractivity contribution >= 4 is 34.8 Å². The Hall–Kier alpha value is -3.40. The standard InChI is InChI=1S/C23H25F3N4O3/c1-14-12-20(31)27-18-10-6-7-11-19(18)30(14)21(32)13-29(3)15(2)22(33)28-17-9-5-4-8-16(17)23(24,25)26/h4-11,14-15H,12-13H2,1-3H3,(H,27,31)(H,28,33). The average Bonchev–Trinajstić information content (AvgIpc) is 2.86. The van der Waals surface area contributed by atoms with Crippen molar-refractivity contribution in [2.24, 2.45) is 0 Å². The van der Waals surface area contributed by atoms with Crippen LogP contribution in [0.1, 0.15) is 25.8 Å². The van der Waals surface area contributed by atoms with Gasteiger partial charge in [0.2, 0.25) is 17.7 Å². The third kappa shape index (κ3) is 5.51. The highest BCUT2D eigenvalue weighted by atomic mass is 19.4. The van der Waals surface area contributed by atoms with Crippen molar-refractivity contribution in [3.63, 3.8) is 0 Å². The molecule has 0 aliphatic carbocycles. The van der Waals surface area contributed by atoms with E-state index in [0.717, 1.165) is 6.07 Å².